The molecule has 184 valence electrons. The van der Waals surface area contributed by atoms with Gasteiger partial charge in [0.2, 0.25) is 0 Å². The van der Waals surface area contributed by atoms with E-state index in [-0.39, 0.29) is 22.6 Å². The van der Waals surface area contributed by atoms with E-state index in [1.54, 1.807) is 19.9 Å². The van der Waals surface area contributed by atoms with E-state index >= 15 is 0 Å². The smallest absolute Gasteiger partial charge is 0.378 e. The molecular weight excluding hydrogens is 461 g/mol. The van der Waals surface area contributed by atoms with Crippen LogP contribution in [-0.2, 0) is 15.7 Å². The topological polar surface area (TPSA) is 76.5 Å². The number of nitrogens with zero attached hydrogens (tertiary/aromatic N) is 3. The third-order valence-electron chi connectivity index (χ3n) is 5.98. The summed E-state index contributed by atoms with van der Waals surface area (Å²) in [6, 6.07) is 10.2. The third-order valence-corrected chi connectivity index (χ3v) is 5.98. The van der Waals surface area contributed by atoms with Crippen molar-refractivity contribution in [1.82, 2.24) is 9.78 Å². The van der Waals surface area contributed by atoms with Gasteiger partial charge in [0.05, 0.1) is 41.4 Å². The van der Waals surface area contributed by atoms with E-state index in [1.165, 1.54) is 16.8 Å². The summed E-state index contributed by atoms with van der Waals surface area (Å²) in [4.78, 5) is 28.0. The van der Waals surface area contributed by atoms with Crippen LogP contribution in [0.5, 0.6) is 0 Å². The van der Waals surface area contributed by atoms with Gasteiger partial charge in [0.25, 0.3) is 11.7 Å². The fourth-order valence-electron chi connectivity index (χ4n) is 4.14. The van der Waals surface area contributed by atoms with Gasteiger partial charge in [-0.15, -0.1) is 0 Å². The molecule has 2 heterocycles. The summed E-state index contributed by atoms with van der Waals surface area (Å²) < 4.78 is 46.0. The zero-order valence-corrected chi connectivity index (χ0v) is 19.6. The lowest BCUT2D eigenvalue weighted by Crippen LogP contribution is -2.36. The summed E-state index contributed by atoms with van der Waals surface area (Å²) in [5, 5.41) is 6.88. The highest BCUT2D eigenvalue weighted by Gasteiger charge is 2.31. The largest absolute Gasteiger partial charge is 0.416 e. The molecule has 3 aromatic rings. The lowest BCUT2D eigenvalue weighted by atomic mass is 10.1. The number of benzene rings is 2. The number of Topliss-reactive ketones (excluding diaryl/α,β-unsaturated/α-hetero) is 1. The van der Waals surface area contributed by atoms with Gasteiger partial charge in [0, 0.05) is 24.5 Å². The summed E-state index contributed by atoms with van der Waals surface area (Å²) in [7, 11) is 0. The quantitative estimate of drug-likeness (QED) is 0.425. The second-order valence-corrected chi connectivity index (χ2v) is 8.39. The standard InChI is InChI=1S/C25H25F3N4O3/c1-15-13-19(31-9-11-35-12-10-31)7-8-21(15)29-24(34)23(33)22-16(2)30-32(17(22)3)20-6-4-5-18(14-20)25(26,27)28/h4-8,13-14H,9-12H2,1-3H3,(H,29,34). The van der Waals surface area contributed by atoms with Gasteiger partial charge in [0.1, 0.15) is 0 Å². The number of hydrogen-bond donors (Lipinski definition) is 1. The molecule has 0 aliphatic carbocycles. The Morgan fingerprint density at radius 2 is 1.71 bits per heavy atom. The van der Waals surface area contributed by atoms with Crippen LogP contribution in [0.15, 0.2) is 42.5 Å². The number of halogens is 3. The van der Waals surface area contributed by atoms with Crippen LogP contribution in [-0.4, -0.2) is 47.8 Å². The first-order chi connectivity index (χ1) is 16.6. The number of ketones is 1. The summed E-state index contributed by atoms with van der Waals surface area (Å²) in [6.45, 7) is 7.78. The van der Waals surface area contributed by atoms with Crippen LogP contribution in [0, 0.1) is 20.8 Å². The molecule has 10 heteroatoms. The number of carbonyl (C=O) groups excluding carboxylic acids is 2. The summed E-state index contributed by atoms with van der Waals surface area (Å²) in [5.41, 5.74) is 2.20. The Morgan fingerprint density at radius 1 is 1.00 bits per heavy atom. The number of hydrogen-bond acceptors (Lipinski definition) is 5. The predicted octanol–water partition coefficient (Wildman–Crippen LogP) is 4.47. The minimum Gasteiger partial charge on any atom is -0.378 e. The fraction of sp³-hybridized carbons (Fsp3) is 0.320. The van der Waals surface area contributed by atoms with Crippen molar-refractivity contribution in [3.05, 3.63) is 70.5 Å². The van der Waals surface area contributed by atoms with E-state index in [9.17, 15) is 22.8 Å². The molecule has 1 saturated heterocycles. The highest BCUT2D eigenvalue weighted by molar-refractivity contribution is 6.47. The lowest BCUT2D eigenvalue weighted by molar-refractivity contribution is -0.137. The van der Waals surface area contributed by atoms with Crippen LogP contribution in [0.2, 0.25) is 0 Å². The minimum atomic E-state index is -4.51. The molecule has 4 rings (SSSR count). The Kier molecular flexibility index (Phi) is 6.66. The van der Waals surface area contributed by atoms with E-state index < -0.39 is 23.4 Å². The zero-order chi connectivity index (χ0) is 25.3. The Labute approximate surface area is 200 Å². The maximum atomic E-state index is 13.1. The molecule has 0 atom stereocenters. The van der Waals surface area contributed by atoms with Gasteiger partial charge in [0.15, 0.2) is 0 Å². The van der Waals surface area contributed by atoms with Crippen LogP contribution in [0.1, 0.15) is 32.9 Å². The molecule has 1 N–H and O–H groups in total. The number of ether oxygens (including phenoxy) is 1. The molecule has 2 aromatic carbocycles. The number of amides is 1. The SMILES string of the molecule is Cc1cc(N2CCOCC2)ccc1NC(=O)C(=O)c1c(C)nn(-c2cccc(C(F)(F)F)c2)c1C. The van der Waals surface area contributed by atoms with Crippen molar-refractivity contribution in [2.75, 3.05) is 36.5 Å². The average Bonchev–Trinajstić information content (AvgIpc) is 3.13. The second kappa shape index (κ2) is 9.53. The Morgan fingerprint density at radius 3 is 2.37 bits per heavy atom. The van der Waals surface area contributed by atoms with Gasteiger partial charge in [-0.2, -0.15) is 18.3 Å². The number of carbonyl (C=O) groups is 2. The predicted molar refractivity (Wildman–Crippen MR) is 125 cm³/mol. The van der Waals surface area contributed by atoms with Crippen molar-refractivity contribution in [2.24, 2.45) is 0 Å². The number of anilines is 2. The Bertz CT molecular complexity index is 1280. The Hall–Kier alpha value is -3.66. The number of rotatable bonds is 5. The van der Waals surface area contributed by atoms with Gasteiger partial charge in [-0.25, -0.2) is 4.68 Å². The molecule has 7 nitrogen and oxygen atoms in total. The zero-order valence-electron chi connectivity index (χ0n) is 19.6. The van der Waals surface area contributed by atoms with E-state index in [1.807, 2.05) is 19.1 Å². The number of nitrogens with one attached hydrogen (secondary N) is 1. The molecule has 1 aliphatic heterocycles. The molecule has 0 saturated carbocycles. The first kappa shape index (κ1) is 24.5. The van der Waals surface area contributed by atoms with Crippen molar-refractivity contribution < 1.29 is 27.5 Å². The maximum absolute atomic E-state index is 13.1. The molecule has 35 heavy (non-hydrogen) atoms. The van der Waals surface area contributed by atoms with E-state index in [2.05, 4.69) is 15.3 Å². The molecule has 1 amide bonds. The first-order valence-corrected chi connectivity index (χ1v) is 11.1. The summed E-state index contributed by atoms with van der Waals surface area (Å²) >= 11 is 0. The van der Waals surface area contributed by atoms with Crippen LogP contribution in [0.25, 0.3) is 5.69 Å². The third kappa shape index (κ3) is 5.07. The fourth-order valence-corrected chi connectivity index (χ4v) is 4.14. The minimum absolute atomic E-state index is 0.0579. The molecule has 0 spiro atoms. The highest BCUT2D eigenvalue weighted by atomic mass is 19.4. The monoisotopic (exact) mass is 486 g/mol. The lowest BCUT2D eigenvalue weighted by Gasteiger charge is -2.29. The normalized spacial score (nSPS) is 14.2. The highest BCUT2D eigenvalue weighted by Crippen LogP contribution is 2.31. The van der Waals surface area contributed by atoms with Crippen LogP contribution in [0.3, 0.4) is 0 Å². The number of aryl methyl sites for hydroxylation is 2. The van der Waals surface area contributed by atoms with E-state index in [4.69, 9.17) is 4.74 Å². The van der Waals surface area contributed by atoms with Crippen molar-refractivity contribution in [2.45, 2.75) is 26.9 Å². The Balaban J connectivity index is 1.55. The van der Waals surface area contributed by atoms with E-state index in [0.29, 0.717) is 18.9 Å². The summed E-state index contributed by atoms with van der Waals surface area (Å²) in [5.74, 6) is -1.66. The summed E-state index contributed by atoms with van der Waals surface area (Å²) in [6.07, 6.45) is -4.51. The molecule has 1 fully saturated rings. The number of alkyl halides is 3. The molecule has 0 radical (unpaired) electrons. The van der Waals surface area contributed by atoms with Gasteiger partial charge in [-0.3, -0.25) is 9.59 Å². The van der Waals surface area contributed by atoms with Crippen LogP contribution in [0.4, 0.5) is 24.5 Å². The van der Waals surface area contributed by atoms with Crippen molar-refractivity contribution in [3.8, 4) is 5.69 Å². The van der Waals surface area contributed by atoms with Gasteiger partial charge < -0.3 is 15.0 Å². The van der Waals surface area contributed by atoms with Crippen molar-refractivity contribution in [1.29, 1.82) is 0 Å². The van der Waals surface area contributed by atoms with Gasteiger partial charge in [-0.05, 0) is 62.7 Å². The number of aromatic nitrogens is 2. The van der Waals surface area contributed by atoms with Crippen LogP contribution >= 0.6 is 0 Å². The van der Waals surface area contributed by atoms with Gasteiger partial charge in [-0.1, -0.05) is 6.07 Å². The van der Waals surface area contributed by atoms with Crippen molar-refractivity contribution >= 4 is 23.1 Å². The molecule has 1 aromatic heterocycles. The average molecular weight is 486 g/mol. The number of morpholine rings is 1. The van der Waals surface area contributed by atoms with Gasteiger partial charge >= 0.3 is 6.18 Å². The molecule has 0 unspecified atom stereocenters. The molecule has 1 aliphatic rings. The maximum Gasteiger partial charge on any atom is 0.416 e. The molecular formula is C25H25F3N4O3. The van der Waals surface area contributed by atoms with Crippen LogP contribution < -0.4 is 10.2 Å². The van der Waals surface area contributed by atoms with Crippen molar-refractivity contribution in [3.63, 3.8) is 0 Å². The first-order valence-electron chi connectivity index (χ1n) is 11.1. The molecule has 0 bridgehead atoms. The van der Waals surface area contributed by atoms with E-state index in [0.717, 1.165) is 36.5 Å². The second-order valence-electron chi connectivity index (χ2n) is 8.39.